The van der Waals surface area contributed by atoms with E-state index in [2.05, 4.69) is 38.1 Å². The van der Waals surface area contributed by atoms with Crippen molar-refractivity contribution in [3.05, 3.63) is 71.8 Å². The van der Waals surface area contributed by atoms with Gasteiger partial charge in [-0.05, 0) is 31.9 Å². The van der Waals surface area contributed by atoms with Gasteiger partial charge in [-0.15, -0.1) is 0 Å². The van der Waals surface area contributed by atoms with Crippen LogP contribution < -0.4 is 0 Å². The topological polar surface area (TPSA) is 18.5 Å². The Morgan fingerprint density at radius 1 is 0.783 bits per heavy atom. The van der Waals surface area contributed by atoms with Crippen molar-refractivity contribution in [2.45, 2.75) is 47.3 Å². The first-order chi connectivity index (χ1) is 10.0. The highest BCUT2D eigenvalue weighted by Crippen LogP contribution is 2.22. The molecule has 1 unspecified atom stereocenters. The van der Waals surface area contributed by atoms with E-state index in [0.29, 0.717) is 0 Å². The largest absolute Gasteiger partial charge is 0.377 e. The maximum Gasteiger partial charge on any atom is 0.0871 e. The molecule has 2 rings (SSSR count). The van der Waals surface area contributed by atoms with E-state index in [1.165, 1.54) is 11.1 Å². The molecule has 0 saturated carbocycles. The Bertz CT molecular complexity index is 492. The maximum atomic E-state index is 5.32. The summed E-state index contributed by atoms with van der Waals surface area (Å²) >= 11 is 0. The third kappa shape index (κ3) is 7.96. The van der Waals surface area contributed by atoms with Crippen molar-refractivity contribution in [3.63, 3.8) is 0 Å². The Morgan fingerprint density at radius 3 is 1.61 bits per heavy atom. The van der Waals surface area contributed by atoms with Crippen molar-refractivity contribution in [1.29, 1.82) is 0 Å². The molecule has 2 heteroatoms. The van der Waals surface area contributed by atoms with E-state index in [-0.39, 0.29) is 26.6 Å². The number of benzene rings is 2. The van der Waals surface area contributed by atoms with Gasteiger partial charge in [0.2, 0.25) is 0 Å². The minimum atomic E-state index is -0.165. The molecule has 0 aliphatic heterocycles. The van der Waals surface area contributed by atoms with Gasteiger partial charge in [-0.25, -0.2) is 0 Å². The predicted octanol–water partition coefficient (Wildman–Crippen LogP) is 6.23. The minimum Gasteiger partial charge on any atom is -0.377 e. The molecule has 0 aliphatic carbocycles. The lowest BCUT2D eigenvalue weighted by Crippen LogP contribution is -2.18. The average Bonchev–Trinajstić information content (AvgIpc) is 2.56. The van der Waals surface area contributed by atoms with E-state index in [1.54, 1.807) is 14.2 Å². The molecule has 0 spiro atoms. The lowest BCUT2D eigenvalue weighted by Gasteiger charge is -2.22. The number of methoxy groups -OCH3 is 2. The van der Waals surface area contributed by atoms with Gasteiger partial charge < -0.3 is 9.47 Å². The van der Waals surface area contributed by atoms with Crippen molar-refractivity contribution in [3.8, 4) is 0 Å². The Hall–Kier alpha value is -1.64. The first kappa shape index (κ1) is 23.6. The Morgan fingerprint density at radius 2 is 1.22 bits per heavy atom. The maximum absolute atomic E-state index is 5.32. The summed E-state index contributed by atoms with van der Waals surface area (Å²) in [6.45, 7) is 6.15. The summed E-state index contributed by atoms with van der Waals surface area (Å²) in [6, 6.07) is 20.4. The second-order valence-electron chi connectivity index (χ2n) is 5.37. The van der Waals surface area contributed by atoms with E-state index < -0.39 is 0 Å². The summed E-state index contributed by atoms with van der Waals surface area (Å²) < 4.78 is 10.5. The molecule has 0 radical (unpaired) electrons. The fraction of sp³-hybridized carbons (Fsp3) is 0.429. The summed E-state index contributed by atoms with van der Waals surface area (Å²) in [5.41, 5.74) is 2.27. The molecular formula is C21H34O2. The van der Waals surface area contributed by atoms with Crippen LogP contribution in [0.1, 0.15) is 52.9 Å². The normalized spacial score (nSPS) is 11.2. The first-order valence-corrected chi connectivity index (χ1v) is 7.19. The zero-order valence-electron chi connectivity index (χ0n) is 13.7. The second-order valence-corrected chi connectivity index (χ2v) is 5.37. The third-order valence-electron chi connectivity index (χ3n) is 3.60. The molecule has 2 aromatic carbocycles. The molecule has 0 fully saturated rings. The van der Waals surface area contributed by atoms with E-state index in [4.69, 9.17) is 9.47 Å². The number of ether oxygens (including phenoxy) is 2. The zero-order chi connectivity index (χ0) is 15.7. The lowest BCUT2D eigenvalue weighted by molar-refractivity contribution is 0.0192. The minimum absolute atomic E-state index is 0. The third-order valence-corrected chi connectivity index (χ3v) is 3.60. The van der Waals surface area contributed by atoms with Crippen LogP contribution in [0.15, 0.2) is 60.7 Å². The molecule has 0 bridgehead atoms. The summed E-state index contributed by atoms with van der Waals surface area (Å²) in [5.74, 6) is 0. The predicted molar refractivity (Wildman–Crippen MR) is 102 cm³/mol. The van der Waals surface area contributed by atoms with Crippen LogP contribution in [0, 0.1) is 0 Å². The van der Waals surface area contributed by atoms with Gasteiger partial charge in [0.25, 0.3) is 0 Å². The second kappa shape index (κ2) is 11.9. The van der Waals surface area contributed by atoms with Crippen molar-refractivity contribution >= 4 is 0 Å². The van der Waals surface area contributed by atoms with Crippen LogP contribution in [0.2, 0.25) is 0 Å². The van der Waals surface area contributed by atoms with Gasteiger partial charge in [0, 0.05) is 14.2 Å². The summed E-state index contributed by atoms with van der Waals surface area (Å²) in [4.78, 5) is 0. The molecule has 0 aliphatic rings. The summed E-state index contributed by atoms with van der Waals surface area (Å²) in [6.07, 6.45) is 0.209. The Labute approximate surface area is 143 Å². The quantitative estimate of drug-likeness (QED) is 0.665. The van der Waals surface area contributed by atoms with E-state index in [0.717, 1.165) is 0 Å². The first-order valence-electron chi connectivity index (χ1n) is 7.19. The number of hydrogen-bond donors (Lipinski definition) is 0. The molecular weight excluding hydrogens is 284 g/mol. The SMILES string of the molecule is C.C.COC(C)(C)c1ccccc1.COC(C)c1ccccc1. The molecule has 0 heterocycles. The fourth-order valence-corrected chi connectivity index (χ4v) is 1.82. The smallest absolute Gasteiger partial charge is 0.0871 e. The molecule has 0 aromatic heterocycles. The van der Waals surface area contributed by atoms with Gasteiger partial charge in [-0.1, -0.05) is 75.5 Å². The highest BCUT2D eigenvalue weighted by Gasteiger charge is 2.17. The lowest BCUT2D eigenvalue weighted by atomic mass is 9.98. The van der Waals surface area contributed by atoms with Gasteiger partial charge in [0.05, 0.1) is 11.7 Å². The van der Waals surface area contributed by atoms with Crippen LogP contribution in [0.3, 0.4) is 0 Å². The monoisotopic (exact) mass is 318 g/mol. The molecule has 2 nitrogen and oxygen atoms in total. The van der Waals surface area contributed by atoms with Crippen LogP contribution in [-0.2, 0) is 15.1 Å². The van der Waals surface area contributed by atoms with Crippen LogP contribution in [0.4, 0.5) is 0 Å². The Balaban J connectivity index is 0. The summed E-state index contributed by atoms with van der Waals surface area (Å²) in [5, 5.41) is 0. The standard InChI is InChI=1S/C10H14O.C9H12O.2CH4/c1-10(2,11-3)9-7-5-4-6-8-9;1-8(10-2)9-6-4-3-5-7-9;;/h4-8H,1-3H3;3-8H,1-2H3;2*1H4. The van der Waals surface area contributed by atoms with Gasteiger partial charge in [-0.2, -0.15) is 0 Å². The highest BCUT2D eigenvalue weighted by atomic mass is 16.5. The van der Waals surface area contributed by atoms with Crippen LogP contribution in [0.5, 0.6) is 0 Å². The molecule has 0 amide bonds. The van der Waals surface area contributed by atoms with E-state index in [9.17, 15) is 0 Å². The summed E-state index contributed by atoms with van der Waals surface area (Å²) in [7, 11) is 3.45. The van der Waals surface area contributed by atoms with Gasteiger partial charge in [0.15, 0.2) is 0 Å². The molecule has 1 atom stereocenters. The molecule has 0 N–H and O–H groups in total. The van der Waals surface area contributed by atoms with Gasteiger partial charge >= 0.3 is 0 Å². The van der Waals surface area contributed by atoms with Crippen LogP contribution in [0.25, 0.3) is 0 Å². The van der Waals surface area contributed by atoms with Crippen LogP contribution in [-0.4, -0.2) is 14.2 Å². The fourth-order valence-electron chi connectivity index (χ4n) is 1.82. The van der Waals surface area contributed by atoms with Crippen molar-refractivity contribution in [2.24, 2.45) is 0 Å². The molecule has 130 valence electrons. The van der Waals surface area contributed by atoms with Crippen molar-refractivity contribution in [2.75, 3.05) is 14.2 Å². The highest BCUT2D eigenvalue weighted by molar-refractivity contribution is 5.20. The number of hydrogen-bond acceptors (Lipinski definition) is 2. The van der Waals surface area contributed by atoms with Gasteiger partial charge in [0.1, 0.15) is 0 Å². The van der Waals surface area contributed by atoms with Crippen LogP contribution >= 0.6 is 0 Å². The molecule has 23 heavy (non-hydrogen) atoms. The zero-order valence-corrected chi connectivity index (χ0v) is 13.7. The van der Waals surface area contributed by atoms with Crippen molar-refractivity contribution < 1.29 is 9.47 Å². The van der Waals surface area contributed by atoms with E-state index >= 15 is 0 Å². The molecule has 2 aromatic rings. The van der Waals surface area contributed by atoms with Gasteiger partial charge in [-0.3, -0.25) is 0 Å². The van der Waals surface area contributed by atoms with E-state index in [1.807, 2.05) is 43.3 Å². The number of rotatable bonds is 4. The van der Waals surface area contributed by atoms with Crippen molar-refractivity contribution in [1.82, 2.24) is 0 Å². The average molecular weight is 319 g/mol. The Kier molecular flexibility index (Phi) is 12.2. The molecule has 0 saturated heterocycles.